The molecular formula is C10H15ClN2O4S. The van der Waals surface area contributed by atoms with E-state index in [4.69, 9.17) is 10.8 Å². The molecule has 4 N–H and O–H groups in total. The van der Waals surface area contributed by atoms with Crippen molar-refractivity contribution in [3.63, 3.8) is 0 Å². The van der Waals surface area contributed by atoms with Crippen LogP contribution < -0.4 is 10.5 Å². The van der Waals surface area contributed by atoms with E-state index >= 15 is 0 Å². The summed E-state index contributed by atoms with van der Waals surface area (Å²) in [4.78, 5) is 10.7. The van der Waals surface area contributed by atoms with Gasteiger partial charge in [0.1, 0.15) is 6.04 Å². The summed E-state index contributed by atoms with van der Waals surface area (Å²) in [6.07, 6.45) is 0. The summed E-state index contributed by atoms with van der Waals surface area (Å²) in [5.74, 6) is -1.55. The summed E-state index contributed by atoms with van der Waals surface area (Å²) in [5, 5.41) is 8.70. The Morgan fingerprint density at radius 1 is 1.33 bits per heavy atom. The molecule has 102 valence electrons. The van der Waals surface area contributed by atoms with Crippen molar-refractivity contribution in [2.24, 2.45) is 5.73 Å². The van der Waals surface area contributed by atoms with Crippen molar-refractivity contribution >= 4 is 28.4 Å². The molecule has 6 nitrogen and oxygen atoms in total. The number of sulfonamides is 1. The maximum absolute atomic E-state index is 11.6. The Morgan fingerprint density at radius 3 is 2.33 bits per heavy atom. The highest BCUT2D eigenvalue weighted by Gasteiger charge is 2.22. The molecule has 0 heterocycles. The summed E-state index contributed by atoms with van der Waals surface area (Å²) in [6.45, 7) is -0.288. The molecule has 1 atom stereocenters. The first-order chi connectivity index (χ1) is 7.94. The average Bonchev–Trinajstić information content (AvgIpc) is 2.26. The van der Waals surface area contributed by atoms with Crippen molar-refractivity contribution < 1.29 is 18.3 Å². The van der Waals surface area contributed by atoms with Gasteiger partial charge in [-0.25, -0.2) is 8.42 Å². The molecule has 1 aromatic carbocycles. The minimum atomic E-state index is -3.70. The Labute approximate surface area is 112 Å². The summed E-state index contributed by atoms with van der Waals surface area (Å²) < 4.78 is 25.3. The van der Waals surface area contributed by atoms with Gasteiger partial charge in [-0.15, -0.1) is 12.4 Å². The molecule has 0 saturated heterocycles. The molecular weight excluding hydrogens is 280 g/mol. The van der Waals surface area contributed by atoms with Gasteiger partial charge in [0.15, 0.2) is 0 Å². The average molecular weight is 295 g/mol. The summed E-state index contributed by atoms with van der Waals surface area (Å²) in [6, 6.07) is 7.20. The van der Waals surface area contributed by atoms with Gasteiger partial charge in [-0.3, -0.25) is 4.79 Å². The zero-order valence-corrected chi connectivity index (χ0v) is 11.1. The lowest BCUT2D eigenvalue weighted by molar-refractivity contribution is -0.138. The zero-order chi connectivity index (χ0) is 12.9. The minimum absolute atomic E-state index is 0. The van der Waals surface area contributed by atoms with Gasteiger partial charge in [0.25, 0.3) is 0 Å². The van der Waals surface area contributed by atoms with Gasteiger partial charge in [0.2, 0.25) is 10.0 Å². The Kier molecular flexibility index (Phi) is 6.85. The van der Waals surface area contributed by atoms with E-state index in [0.717, 1.165) is 0 Å². The third-order valence-corrected chi connectivity index (χ3v) is 3.41. The Bertz CT molecular complexity index is 478. The molecule has 0 unspecified atom stereocenters. The molecule has 0 aromatic heterocycles. The lowest BCUT2D eigenvalue weighted by atomic mass is 10.2. The van der Waals surface area contributed by atoms with Gasteiger partial charge in [0, 0.05) is 6.54 Å². The van der Waals surface area contributed by atoms with Crippen molar-refractivity contribution in [1.29, 1.82) is 0 Å². The number of carboxylic acid groups (broad SMARTS) is 1. The van der Waals surface area contributed by atoms with Crippen molar-refractivity contribution in [3.05, 3.63) is 35.9 Å². The van der Waals surface area contributed by atoms with Gasteiger partial charge in [-0.2, -0.15) is 4.72 Å². The normalized spacial score (nSPS) is 12.5. The van der Waals surface area contributed by atoms with Gasteiger partial charge >= 0.3 is 5.97 Å². The molecule has 18 heavy (non-hydrogen) atoms. The molecule has 0 radical (unpaired) electrons. The van der Waals surface area contributed by atoms with Crippen LogP contribution in [0.1, 0.15) is 5.56 Å². The smallest absolute Gasteiger partial charge is 0.323 e. The summed E-state index contributed by atoms with van der Waals surface area (Å²) in [7, 11) is -3.70. The first-order valence-electron chi connectivity index (χ1n) is 4.91. The zero-order valence-electron chi connectivity index (χ0n) is 9.44. The lowest BCUT2D eigenvalue weighted by Crippen LogP contribution is -2.46. The van der Waals surface area contributed by atoms with Gasteiger partial charge in [-0.1, -0.05) is 30.3 Å². The van der Waals surface area contributed by atoms with E-state index < -0.39 is 22.0 Å². The van der Waals surface area contributed by atoms with Crippen LogP contribution in [0, 0.1) is 0 Å². The third kappa shape index (κ3) is 5.46. The number of halogens is 1. The van der Waals surface area contributed by atoms with Crippen LogP contribution in [0.15, 0.2) is 30.3 Å². The fourth-order valence-electron chi connectivity index (χ4n) is 1.25. The van der Waals surface area contributed by atoms with Crippen LogP contribution in [0.4, 0.5) is 0 Å². The SMILES string of the molecule is Cl.NC[C@H](NS(=O)(=O)Cc1ccccc1)C(=O)O. The van der Waals surface area contributed by atoms with Crippen LogP contribution in [0.2, 0.25) is 0 Å². The number of hydrogen-bond donors (Lipinski definition) is 3. The van der Waals surface area contributed by atoms with Crippen molar-refractivity contribution in [2.45, 2.75) is 11.8 Å². The Balaban J connectivity index is 0.00000289. The number of rotatable bonds is 6. The molecule has 1 rings (SSSR count). The lowest BCUT2D eigenvalue weighted by Gasteiger charge is -2.12. The van der Waals surface area contributed by atoms with Crippen molar-refractivity contribution in [3.8, 4) is 0 Å². The molecule has 0 amide bonds. The molecule has 8 heteroatoms. The van der Waals surface area contributed by atoms with Crippen LogP contribution in [0.25, 0.3) is 0 Å². The quantitative estimate of drug-likeness (QED) is 0.681. The van der Waals surface area contributed by atoms with E-state index in [9.17, 15) is 13.2 Å². The van der Waals surface area contributed by atoms with Crippen LogP contribution >= 0.6 is 12.4 Å². The number of nitrogens with one attached hydrogen (secondary N) is 1. The summed E-state index contributed by atoms with van der Waals surface area (Å²) in [5.41, 5.74) is 5.75. The maximum atomic E-state index is 11.6. The van der Waals surface area contributed by atoms with Crippen LogP contribution in [0.3, 0.4) is 0 Å². The van der Waals surface area contributed by atoms with Gasteiger partial charge < -0.3 is 10.8 Å². The highest BCUT2D eigenvalue weighted by molar-refractivity contribution is 7.88. The van der Waals surface area contributed by atoms with E-state index in [1.54, 1.807) is 30.3 Å². The first kappa shape index (κ1) is 16.9. The standard InChI is InChI=1S/C10H14N2O4S.ClH/c11-6-9(10(13)14)12-17(15,16)7-8-4-2-1-3-5-8;/h1-5,9,12H,6-7,11H2,(H,13,14);1H/t9-;/m0./s1. The molecule has 1 aromatic rings. The first-order valence-corrected chi connectivity index (χ1v) is 6.56. The molecule has 0 aliphatic carbocycles. The second-order valence-corrected chi connectivity index (χ2v) is 5.24. The number of hydrogen-bond acceptors (Lipinski definition) is 4. The third-order valence-electron chi connectivity index (χ3n) is 2.06. The minimum Gasteiger partial charge on any atom is -0.480 e. The number of carbonyl (C=O) groups is 1. The molecule has 0 fully saturated rings. The van der Waals surface area contributed by atoms with Crippen LogP contribution in [0.5, 0.6) is 0 Å². The molecule has 0 aliphatic heterocycles. The van der Waals surface area contributed by atoms with Gasteiger partial charge in [-0.05, 0) is 5.56 Å². The van der Waals surface area contributed by atoms with E-state index in [0.29, 0.717) is 5.56 Å². The Morgan fingerprint density at radius 2 is 1.89 bits per heavy atom. The largest absolute Gasteiger partial charge is 0.480 e. The predicted octanol–water partition coefficient (Wildman–Crippen LogP) is -0.0603. The second-order valence-electron chi connectivity index (χ2n) is 3.49. The van der Waals surface area contributed by atoms with Gasteiger partial charge in [0.05, 0.1) is 5.75 Å². The monoisotopic (exact) mass is 294 g/mol. The highest BCUT2D eigenvalue weighted by Crippen LogP contribution is 2.04. The number of benzene rings is 1. The molecule has 0 saturated carbocycles. The van der Waals surface area contributed by atoms with E-state index in [1.165, 1.54) is 0 Å². The predicted molar refractivity (Wildman–Crippen MR) is 69.9 cm³/mol. The number of nitrogens with two attached hydrogens (primary N) is 1. The fraction of sp³-hybridized carbons (Fsp3) is 0.300. The molecule has 0 aliphatic rings. The van der Waals surface area contributed by atoms with Crippen molar-refractivity contribution in [2.75, 3.05) is 6.54 Å². The summed E-state index contributed by atoms with van der Waals surface area (Å²) >= 11 is 0. The maximum Gasteiger partial charge on any atom is 0.323 e. The van der Waals surface area contributed by atoms with E-state index in [-0.39, 0.29) is 24.7 Å². The molecule has 0 spiro atoms. The van der Waals surface area contributed by atoms with Crippen LogP contribution in [-0.4, -0.2) is 32.1 Å². The number of carboxylic acids is 1. The van der Waals surface area contributed by atoms with Crippen LogP contribution in [-0.2, 0) is 20.6 Å². The fourth-order valence-corrected chi connectivity index (χ4v) is 2.60. The van der Waals surface area contributed by atoms with E-state index in [2.05, 4.69) is 0 Å². The van der Waals surface area contributed by atoms with E-state index in [1.807, 2.05) is 4.72 Å². The second kappa shape index (κ2) is 7.32. The highest BCUT2D eigenvalue weighted by atomic mass is 35.5. The van der Waals surface area contributed by atoms with Crippen molar-refractivity contribution in [1.82, 2.24) is 4.72 Å². The number of aliphatic carboxylic acids is 1. The Hall–Kier alpha value is -1.15. The topological polar surface area (TPSA) is 109 Å². The molecule has 0 bridgehead atoms.